The first kappa shape index (κ1) is 18.5. The van der Waals surface area contributed by atoms with Crippen molar-refractivity contribution >= 4 is 23.2 Å². The third-order valence-corrected chi connectivity index (χ3v) is 5.00. The van der Waals surface area contributed by atoms with Crippen LogP contribution in [0.1, 0.15) is 5.56 Å². The molecule has 1 amide bonds. The van der Waals surface area contributed by atoms with E-state index in [0.29, 0.717) is 13.1 Å². The van der Waals surface area contributed by atoms with Crippen LogP contribution in [0.2, 0.25) is 5.02 Å². The monoisotopic (exact) mass is 374 g/mol. The maximum absolute atomic E-state index is 12.2. The maximum atomic E-state index is 12.2. The maximum Gasteiger partial charge on any atom is 0.275 e. The topological polar surface area (TPSA) is 57.0 Å². The molecule has 0 aromatic heterocycles. The predicted molar refractivity (Wildman–Crippen MR) is 104 cm³/mol. The summed E-state index contributed by atoms with van der Waals surface area (Å²) in [7, 11) is 0. The molecule has 1 fully saturated rings. The number of benzene rings is 2. The second-order valence-corrected chi connectivity index (χ2v) is 7.09. The molecule has 0 atom stereocenters. The second kappa shape index (κ2) is 8.92. The van der Waals surface area contributed by atoms with Crippen LogP contribution >= 0.6 is 11.6 Å². The summed E-state index contributed by atoms with van der Waals surface area (Å²) in [6, 6.07) is 15.0. The van der Waals surface area contributed by atoms with Gasteiger partial charge in [0, 0.05) is 17.3 Å². The molecule has 1 heterocycles. The molecule has 2 aromatic rings. The first-order valence-electron chi connectivity index (χ1n) is 8.99. The minimum absolute atomic E-state index is 0.104. The third kappa shape index (κ3) is 5.38. The van der Waals surface area contributed by atoms with E-state index < -0.39 is 0 Å². The van der Waals surface area contributed by atoms with Gasteiger partial charge < -0.3 is 20.2 Å². The van der Waals surface area contributed by atoms with Gasteiger partial charge in [-0.05, 0) is 48.4 Å². The summed E-state index contributed by atoms with van der Waals surface area (Å²) in [6.07, 6.45) is 0.812. The summed E-state index contributed by atoms with van der Waals surface area (Å²) >= 11 is 5.87. The van der Waals surface area contributed by atoms with Crippen LogP contribution < -0.4 is 15.1 Å². The number of piperazine rings is 1. The fourth-order valence-electron chi connectivity index (χ4n) is 3.21. The number of quaternary nitrogens is 1. The number of phenolic OH excluding ortho intramolecular Hbond substituents is 1. The van der Waals surface area contributed by atoms with E-state index in [0.717, 1.165) is 43.3 Å². The van der Waals surface area contributed by atoms with E-state index in [1.807, 2.05) is 36.4 Å². The standard InChI is InChI=1S/C20H24ClN3O2/c21-17-3-1-16(2-4-17)9-10-22-20(26)15-23-11-13-24(14-12-23)18-5-7-19(25)8-6-18/h1-8,25H,9-15H2,(H,22,26)/p+1. The Balaban J connectivity index is 1.36. The average Bonchev–Trinajstić information content (AvgIpc) is 2.65. The molecule has 6 heteroatoms. The van der Waals surface area contributed by atoms with E-state index in [-0.39, 0.29) is 11.7 Å². The Bertz CT molecular complexity index is 711. The molecule has 1 aliphatic heterocycles. The molecule has 3 rings (SSSR count). The van der Waals surface area contributed by atoms with Crippen molar-refractivity contribution in [2.75, 3.05) is 44.2 Å². The number of hydrogen-bond acceptors (Lipinski definition) is 3. The van der Waals surface area contributed by atoms with Crippen LogP contribution in [-0.4, -0.2) is 50.3 Å². The average molecular weight is 375 g/mol. The van der Waals surface area contributed by atoms with Crippen molar-refractivity contribution in [1.82, 2.24) is 5.32 Å². The molecule has 2 aromatic carbocycles. The highest BCUT2D eigenvalue weighted by molar-refractivity contribution is 6.30. The lowest BCUT2D eigenvalue weighted by Crippen LogP contribution is -3.16. The van der Waals surface area contributed by atoms with Gasteiger partial charge in [-0.3, -0.25) is 4.79 Å². The number of anilines is 1. The summed E-state index contributed by atoms with van der Waals surface area (Å²) in [5, 5.41) is 13.1. The van der Waals surface area contributed by atoms with E-state index in [1.54, 1.807) is 12.1 Å². The van der Waals surface area contributed by atoms with Gasteiger partial charge in [0.1, 0.15) is 5.75 Å². The van der Waals surface area contributed by atoms with E-state index in [2.05, 4.69) is 10.2 Å². The molecular weight excluding hydrogens is 350 g/mol. The molecule has 138 valence electrons. The zero-order chi connectivity index (χ0) is 18.4. The Morgan fingerprint density at radius 3 is 2.38 bits per heavy atom. The quantitative estimate of drug-likeness (QED) is 0.710. The van der Waals surface area contributed by atoms with Gasteiger partial charge in [-0.1, -0.05) is 23.7 Å². The van der Waals surface area contributed by atoms with Crippen LogP contribution in [0.15, 0.2) is 48.5 Å². The smallest absolute Gasteiger partial charge is 0.275 e. The van der Waals surface area contributed by atoms with E-state index in [9.17, 15) is 9.90 Å². The molecule has 1 saturated heterocycles. The molecule has 0 unspecified atom stereocenters. The van der Waals surface area contributed by atoms with Gasteiger partial charge in [0.25, 0.3) is 5.91 Å². The van der Waals surface area contributed by atoms with Gasteiger partial charge in [0.05, 0.1) is 26.2 Å². The van der Waals surface area contributed by atoms with Crippen molar-refractivity contribution in [3.8, 4) is 5.75 Å². The third-order valence-electron chi connectivity index (χ3n) is 4.75. The number of aromatic hydroxyl groups is 1. The number of hydrogen-bond donors (Lipinski definition) is 3. The number of amides is 1. The SMILES string of the molecule is O=C(C[NH+]1CCN(c2ccc(O)cc2)CC1)NCCc1ccc(Cl)cc1. The summed E-state index contributed by atoms with van der Waals surface area (Å²) in [6.45, 7) is 4.87. The Morgan fingerprint density at radius 1 is 1.08 bits per heavy atom. The first-order valence-corrected chi connectivity index (χ1v) is 9.36. The molecule has 0 aliphatic carbocycles. The number of rotatable bonds is 6. The van der Waals surface area contributed by atoms with Gasteiger partial charge in [-0.25, -0.2) is 0 Å². The number of nitrogens with one attached hydrogen (secondary N) is 2. The molecule has 0 radical (unpaired) electrons. The minimum atomic E-state index is 0.104. The second-order valence-electron chi connectivity index (χ2n) is 6.66. The largest absolute Gasteiger partial charge is 0.508 e. The lowest BCUT2D eigenvalue weighted by atomic mass is 10.1. The van der Waals surface area contributed by atoms with Crippen molar-refractivity contribution in [3.05, 3.63) is 59.1 Å². The van der Waals surface area contributed by atoms with E-state index >= 15 is 0 Å². The molecule has 26 heavy (non-hydrogen) atoms. The molecular formula is C20H25ClN3O2+. The Morgan fingerprint density at radius 2 is 1.73 bits per heavy atom. The van der Waals surface area contributed by atoms with Crippen LogP contribution in [0, 0.1) is 0 Å². The van der Waals surface area contributed by atoms with Crippen LogP contribution in [0.4, 0.5) is 5.69 Å². The summed E-state index contributed by atoms with van der Waals surface area (Å²) < 4.78 is 0. The summed E-state index contributed by atoms with van der Waals surface area (Å²) in [5.41, 5.74) is 2.29. The van der Waals surface area contributed by atoms with Gasteiger partial charge in [0.2, 0.25) is 0 Å². The predicted octanol–water partition coefficient (Wildman–Crippen LogP) is 1.11. The molecule has 0 bridgehead atoms. The Hall–Kier alpha value is -2.24. The van der Waals surface area contributed by atoms with Crippen molar-refractivity contribution in [2.45, 2.75) is 6.42 Å². The lowest BCUT2D eigenvalue weighted by molar-refractivity contribution is -0.892. The van der Waals surface area contributed by atoms with E-state index in [1.165, 1.54) is 10.5 Å². The highest BCUT2D eigenvalue weighted by atomic mass is 35.5. The first-order chi connectivity index (χ1) is 12.6. The van der Waals surface area contributed by atoms with Gasteiger partial charge in [-0.2, -0.15) is 0 Å². The molecule has 5 nitrogen and oxygen atoms in total. The van der Waals surface area contributed by atoms with Crippen LogP contribution in [-0.2, 0) is 11.2 Å². The van der Waals surface area contributed by atoms with Crippen LogP contribution in [0.3, 0.4) is 0 Å². The fraction of sp³-hybridized carbons (Fsp3) is 0.350. The zero-order valence-corrected chi connectivity index (χ0v) is 15.5. The normalized spacial score (nSPS) is 15.0. The van der Waals surface area contributed by atoms with Crippen molar-refractivity contribution < 1.29 is 14.8 Å². The summed E-state index contributed by atoms with van der Waals surface area (Å²) in [5.74, 6) is 0.389. The van der Waals surface area contributed by atoms with Crippen LogP contribution in [0.5, 0.6) is 5.75 Å². The van der Waals surface area contributed by atoms with Crippen molar-refractivity contribution in [3.63, 3.8) is 0 Å². The lowest BCUT2D eigenvalue weighted by Gasteiger charge is -2.33. The highest BCUT2D eigenvalue weighted by Crippen LogP contribution is 2.18. The van der Waals surface area contributed by atoms with Crippen molar-refractivity contribution in [2.24, 2.45) is 0 Å². The molecule has 1 aliphatic rings. The fourth-order valence-corrected chi connectivity index (χ4v) is 3.33. The van der Waals surface area contributed by atoms with Gasteiger partial charge >= 0.3 is 0 Å². The van der Waals surface area contributed by atoms with Crippen molar-refractivity contribution in [1.29, 1.82) is 0 Å². The number of nitrogens with zero attached hydrogens (tertiary/aromatic N) is 1. The Kier molecular flexibility index (Phi) is 6.36. The minimum Gasteiger partial charge on any atom is -0.508 e. The van der Waals surface area contributed by atoms with Crippen LogP contribution in [0.25, 0.3) is 0 Å². The zero-order valence-electron chi connectivity index (χ0n) is 14.7. The molecule has 3 N–H and O–H groups in total. The highest BCUT2D eigenvalue weighted by Gasteiger charge is 2.22. The van der Waals surface area contributed by atoms with Gasteiger partial charge in [-0.15, -0.1) is 0 Å². The van der Waals surface area contributed by atoms with E-state index in [4.69, 9.17) is 11.6 Å². The molecule has 0 spiro atoms. The number of halogens is 1. The number of carbonyl (C=O) groups is 1. The number of carbonyl (C=O) groups excluding carboxylic acids is 1. The molecule has 0 saturated carbocycles. The Labute approximate surface area is 159 Å². The number of phenols is 1. The summed E-state index contributed by atoms with van der Waals surface area (Å²) in [4.78, 5) is 15.8. The van der Waals surface area contributed by atoms with Gasteiger partial charge in [0.15, 0.2) is 6.54 Å².